The van der Waals surface area contributed by atoms with E-state index in [4.69, 9.17) is 0 Å². The predicted molar refractivity (Wildman–Crippen MR) is 137 cm³/mol. The largest absolute Gasteiger partial charge is 0.389 e. The normalized spacial score (nSPS) is 44.9. The molecule has 0 spiro atoms. The summed E-state index contributed by atoms with van der Waals surface area (Å²) in [6.45, 7) is 9.86. The number of nitrogens with zero attached hydrogens (tertiary/aromatic N) is 2. The number of rotatable bonds is 3. The number of anilines is 1. The lowest BCUT2D eigenvalue weighted by atomic mass is 9.44. The molecule has 6 rings (SSSR count). The first-order valence-corrected chi connectivity index (χ1v) is 14.1. The molecule has 5 aliphatic rings. The van der Waals surface area contributed by atoms with E-state index in [0.29, 0.717) is 23.0 Å². The first-order valence-electron chi connectivity index (χ1n) is 14.1. The van der Waals surface area contributed by atoms with Gasteiger partial charge in [0.15, 0.2) is 0 Å². The fourth-order valence-corrected chi connectivity index (χ4v) is 9.46. The summed E-state index contributed by atoms with van der Waals surface area (Å²) in [5, 5.41) is 11.8. The van der Waals surface area contributed by atoms with E-state index < -0.39 is 5.60 Å². The van der Waals surface area contributed by atoms with Crippen molar-refractivity contribution in [2.45, 2.75) is 77.2 Å². The molecule has 1 aromatic rings. The molecule has 1 aromatic carbocycles. The second-order valence-corrected chi connectivity index (χ2v) is 13.1. The number of Topliss-reactive ketones (excluding diaryl/α,β-unsaturated/α-hetero) is 1. The molecular weight excluding hydrogens is 420 g/mol. The van der Waals surface area contributed by atoms with Gasteiger partial charge < -0.3 is 10.0 Å². The number of fused-ring (bicyclic) bond motifs is 5. The zero-order valence-electron chi connectivity index (χ0n) is 21.3. The Kier molecular flexibility index (Phi) is 5.65. The van der Waals surface area contributed by atoms with Crippen molar-refractivity contribution in [2.75, 3.05) is 37.6 Å². The molecule has 4 heteroatoms. The van der Waals surface area contributed by atoms with Crippen LogP contribution in [0.4, 0.5) is 5.69 Å². The van der Waals surface area contributed by atoms with Crippen molar-refractivity contribution >= 4 is 11.5 Å². The summed E-state index contributed by atoms with van der Waals surface area (Å²) >= 11 is 0. The molecule has 7 atom stereocenters. The van der Waals surface area contributed by atoms with Gasteiger partial charge in [0.2, 0.25) is 0 Å². The summed E-state index contributed by atoms with van der Waals surface area (Å²) in [7, 11) is 0. The average molecular weight is 465 g/mol. The van der Waals surface area contributed by atoms with Crippen molar-refractivity contribution in [3.63, 3.8) is 0 Å². The molecule has 0 amide bonds. The highest BCUT2D eigenvalue weighted by molar-refractivity contribution is 5.87. The SMILES string of the molecule is C[C@]12CC[C@](O)(CN3CCN(c4ccccc4)CC3)C[C@@H]1CC[C@@H]1[C@@H]2CC[C@]2(C)C(=O)CC[C@@H]12. The van der Waals surface area contributed by atoms with Crippen LogP contribution in [0.5, 0.6) is 0 Å². The number of hydrogen-bond acceptors (Lipinski definition) is 4. The summed E-state index contributed by atoms with van der Waals surface area (Å²) in [5.41, 5.74) is 1.12. The molecule has 0 aromatic heterocycles. The zero-order chi connectivity index (χ0) is 23.6. The average Bonchev–Trinajstić information content (AvgIpc) is 3.15. The lowest BCUT2D eigenvalue weighted by Gasteiger charge is -2.61. The van der Waals surface area contributed by atoms with Crippen LogP contribution in [0.1, 0.15) is 71.6 Å². The van der Waals surface area contributed by atoms with Crippen LogP contribution < -0.4 is 4.90 Å². The van der Waals surface area contributed by atoms with Gasteiger partial charge in [-0.1, -0.05) is 32.0 Å². The van der Waals surface area contributed by atoms with Gasteiger partial charge >= 0.3 is 0 Å². The van der Waals surface area contributed by atoms with E-state index in [1.165, 1.54) is 24.9 Å². The topological polar surface area (TPSA) is 43.8 Å². The van der Waals surface area contributed by atoms with Crippen LogP contribution in [0.3, 0.4) is 0 Å². The quantitative estimate of drug-likeness (QED) is 0.672. The molecule has 1 N–H and O–H groups in total. The maximum atomic E-state index is 12.7. The molecule has 4 saturated carbocycles. The third-order valence-electron chi connectivity index (χ3n) is 11.5. The Morgan fingerprint density at radius 2 is 1.68 bits per heavy atom. The lowest BCUT2D eigenvalue weighted by molar-refractivity contribution is -0.157. The molecule has 0 radical (unpaired) electrons. The maximum absolute atomic E-state index is 12.7. The number of para-hydroxylation sites is 1. The Bertz CT molecular complexity index is 912. The minimum Gasteiger partial charge on any atom is -0.389 e. The van der Waals surface area contributed by atoms with Crippen molar-refractivity contribution in [3.05, 3.63) is 30.3 Å². The first-order chi connectivity index (χ1) is 16.3. The van der Waals surface area contributed by atoms with Crippen molar-refractivity contribution in [3.8, 4) is 0 Å². The van der Waals surface area contributed by atoms with Crippen molar-refractivity contribution in [1.29, 1.82) is 0 Å². The number of β-amino-alcohol motifs (C(OH)–C–C–N with tert-alkyl or cyclic N) is 1. The van der Waals surface area contributed by atoms with Gasteiger partial charge in [-0.2, -0.15) is 0 Å². The third-order valence-corrected chi connectivity index (χ3v) is 11.5. The van der Waals surface area contributed by atoms with Crippen molar-refractivity contribution in [2.24, 2.45) is 34.5 Å². The van der Waals surface area contributed by atoms with Crippen molar-refractivity contribution in [1.82, 2.24) is 4.90 Å². The van der Waals surface area contributed by atoms with Gasteiger partial charge in [0.1, 0.15) is 5.78 Å². The summed E-state index contributed by atoms with van der Waals surface area (Å²) in [4.78, 5) is 17.7. The molecule has 4 aliphatic carbocycles. The summed E-state index contributed by atoms with van der Waals surface area (Å²) < 4.78 is 0. The number of aliphatic hydroxyl groups is 1. The number of carbonyl (C=O) groups excluding carboxylic acids is 1. The number of piperazine rings is 1. The molecule has 1 aliphatic heterocycles. The molecule has 0 bridgehead atoms. The van der Waals surface area contributed by atoms with E-state index in [1.807, 2.05) is 0 Å². The van der Waals surface area contributed by atoms with E-state index in [0.717, 1.165) is 83.1 Å². The molecule has 4 nitrogen and oxygen atoms in total. The maximum Gasteiger partial charge on any atom is 0.139 e. The number of hydrogen-bond donors (Lipinski definition) is 1. The minimum absolute atomic E-state index is 0.0261. The monoisotopic (exact) mass is 464 g/mol. The molecular formula is C30H44N2O2. The molecule has 34 heavy (non-hydrogen) atoms. The van der Waals surface area contributed by atoms with E-state index in [-0.39, 0.29) is 5.41 Å². The Hall–Kier alpha value is -1.39. The summed E-state index contributed by atoms with van der Waals surface area (Å²) in [6, 6.07) is 10.7. The van der Waals surface area contributed by atoms with Crippen LogP contribution in [-0.4, -0.2) is 54.1 Å². The number of benzene rings is 1. The first kappa shape index (κ1) is 23.0. The molecule has 186 valence electrons. The second-order valence-electron chi connectivity index (χ2n) is 13.1. The molecule has 1 saturated heterocycles. The van der Waals surface area contributed by atoms with E-state index in [2.05, 4.69) is 54.0 Å². The van der Waals surface area contributed by atoms with Gasteiger partial charge in [0.25, 0.3) is 0 Å². The second kappa shape index (κ2) is 8.34. The van der Waals surface area contributed by atoms with Crippen LogP contribution in [0.25, 0.3) is 0 Å². The summed E-state index contributed by atoms with van der Waals surface area (Å²) in [6.07, 6.45) is 9.92. The van der Waals surface area contributed by atoms with Gasteiger partial charge in [-0.15, -0.1) is 0 Å². The van der Waals surface area contributed by atoms with Crippen LogP contribution >= 0.6 is 0 Å². The minimum atomic E-state index is -0.529. The molecule has 0 unspecified atom stereocenters. The number of ketones is 1. The predicted octanol–water partition coefficient (Wildman–Crippen LogP) is 5.15. The zero-order valence-corrected chi connectivity index (χ0v) is 21.3. The standard InChI is InChI=1S/C30H44N2O2/c1-28-14-15-30(34,21-31-16-18-32(19-17-31)23-6-4-3-5-7-23)20-22(28)8-9-24-25-10-11-27(33)29(25,2)13-12-26(24)28/h3-7,22,24-26,34H,8-21H2,1-2H3/t22-,24-,25-,26-,28-,29-,30+/m0/s1. The van der Waals surface area contributed by atoms with Gasteiger partial charge in [0, 0.05) is 50.2 Å². The van der Waals surface area contributed by atoms with Crippen LogP contribution in [-0.2, 0) is 4.79 Å². The van der Waals surface area contributed by atoms with Gasteiger partial charge in [-0.3, -0.25) is 9.69 Å². The highest BCUT2D eigenvalue weighted by Crippen LogP contribution is 2.66. The van der Waals surface area contributed by atoms with Crippen LogP contribution in [0.2, 0.25) is 0 Å². The van der Waals surface area contributed by atoms with Gasteiger partial charge in [-0.05, 0) is 92.6 Å². The Morgan fingerprint density at radius 1 is 0.912 bits per heavy atom. The number of carbonyl (C=O) groups is 1. The molecule has 5 fully saturated rings. The van der Waals surface area contributed by atoms with Crippen LogP contribution in [0.15, 0.2) is 30.3 Å². The van der Waals surface area contributed by atoms with Gasteiger partial charge in [0.05, 0.1) is 5.60 Å². The van der Waals surface area contributed by atoms with E-state index >= 15 is 0 Å². The highest BCUT2D eigenvalue weighted by atomic mass is 16.3. The highest BCUT2D eigenvalue weighted by Gasteiger charge is 2.61. The fourth-order valence-electron chi connectivity index (χ4n) is 9.46. The van der Waals surface area contributed by atoms with Crippen LogP contribution in [0, 0.1) is 34.5 Å². The molecule has 1 heterocycles. The Morgan fingerprint density at radius 3 is 2.44 bits per heavy atom. The smallest absolute Gasteiger partial charge is 0.139 e. The fraction of sp³-hybridized carbons (Fsp3) is 0.767. The van der Waals surface area contributed by atoms with E-state index in [1.54, 1.807) is 0 Å². The van der Waals surface area contributed by atoms with Gasteiger partial charge in [-0.25, -0.2) is 0 Å². The lowest BCUT2D eigenvalue weighted by Crippen LogP contribution is -2.59. The Balaban J connectivity index is 1.09. The summed E-state index contributed by atoms with van der Waals surface area (Å²) in [5.74, 6) is 3.31. The third kappa shape index (κ3) is 3.66. The van der Waals surface area contributed by atoms with E-state index in [9.17, 15) is 9.90 Å². The Labute approximate surface area is 206 Å². The van der Waals surface area contributed by atoms with Crippen molar-refractivity contribution < 1.29 is 9.90 Å².